The summed E-state index contributed by atoms with van der Waals surface area (Å²) >= 11 is 6.04. The monoisotopic (exact) mass is 440 g/mol. The highest BCUT2D eigenvalue weighted by Crippen LogP contribution is 2.32. The smallest absolute Gasteiger partial charge is 0.277 e. The SMILES string of the molecule is CCCCOCCCN1C(=O)C(c2ccc(Cl)cc2)=C(N(C)Cc2ccccc2)C1=O. The normalized spacial score (nSPS) is 14.0. The molecule has 0 bridgehead atoms. The van der Waals surface area contributed by atoms with Crippen LogP contribution in [-0.2, 0) is 20.9 Å². The van der Waals surface area contributed by atoms with Crippen molar-refractivity contribution in [1.29, 1.82) is 0 Å². The van der Waals surface area contributed by atoms with E-state index >= 15 is 0 Å². The van der Waals surface area contributed by atoms with Crippen LogP contribution in [-0.4, -0.2) is 48.4 Å². The highest BCUT2D eigenvalue weighted by atomic mass is 35.5. The topological polar surface area (TPSA) is 49.9 Å². The van der Waals surface area contributed by atoms with Gasteiger partial charge in [-0.3, -0.25) is 14.5 Å². The Morgan fingerprint density at radius 2 is 1.61 bits per heavy atom. The van der Waals surface area contributed by atoms with Gasteiger partial charge in [-0.15, -0.1) is 0 Å². The van der Waals surface area contributed by atoms with Crippen LogP contribution in [0.5, 0.6) is 0 Å². The molecule has 0 aliphatic carbocycles. The molecule has 0 radical (unpaired) electrons. The van der Waals surface area contributed by atoms with E-state index in [9.17, 15) is 9.59 Å². The lowest BCUT2D eigenvalue weighted by Gasteiger charge is -2.21. The molecule has 0 saturated carbocycles. The van der Waals surface area contributed by atoms with Gasteiger partial charge >= 0.3 is 0 Å². The lowest BCUT2D eigenvalue weighted by molar-refractivity contribution is -0.137. The van der Waals surface area contributed by atoms with Crippen molar-refractivity contribution in [3.05, 3.63) is 76.4 Å². The fourth-order valence-corrected chi connectivity index (χ4v) is 3.73. The van der Waals surface area contributed by atoms with Gasteiger partial charge in [-0.2, -0.15) is 0 Å². The minimum absolute atomic E-state index is 0.262. The zero-order valence-corrected chi connectivity index (χ0v) is 18.9. The van der Waals surface area contributed by atoms with Gasteiger partial charge in [0.15, 0.2) is 0 Å². The fourth-order valence-electron chi connectivity index (χ4n) is 3.61. The zero-order valence-electron chi connectivity index (χ0n) is 18.1. The number of nitrogens with zero attached hydrogens (tertiary/aromatic N) is 2. The van der Waals surface area contributed by atoms with Gasteiger partial charge in [0.05, 0.1) is 5.57 Å². The molecule has 3 rings (SSSR count). The summed E-state index contributed by atoms with van der Waals surface area (Å²) in [5.41, 5.74) is 2.60. The number of imide groups is 1. The molecule has 0 spiro atoms. The molecule has 1 heterocycles. The standard InChI is InChI=1S/C25H29ClN2O3/c1-3-4-16-31-17-8-15-28-24(29)22(20-11-13-21(26)14-12-20)23(25(28)30)27(2)18-19-9-6-5-7-10-19/h5-7,9-14H,3-4,8,15-18H2,1-2H3. The number of amides is 2. The molecule has 2 amide bonds. The van der Waals surface area contributed by atoms with E-state index in [1.165, 1.54) is 4.90 Å². The lowest BCUT2D eigenvalue weighted by atomic mass is 10.0. The van der Waals surface area contributed by atoms with E-state index in [0.717, 1.165) is 18.4 Å². The Morgan fingerprint density at radius 3 is 2.29 bits per heavy atom. The molecule has 0 saturated heterocycles. The molecule has 1 aliphatic heterocycles. The molecule has 0 N–H and O–H groups in total. The molecule has 0 aromatic heterocycles. The Morgan fingerprint density at radius 1 is 0.935 bits per heavy atom. The number of hydrogen-bond donors (Lipinski definition) is 0. The second-order valence-electron chi connectivity index (χ2n) is 7.65. The fraction of sp³-hybridized carbons (Fsp3) is 0.360. The highest BCUT2D eigenvalue weighted by Gasteiger charge is 2.40. The summed E-state index contributed by atoms with van der Waals surface area (Å²) in [5.74, 6) is -0.530. The first kappa shape index (κ1) is 23.0. The maximum atomic E-state index is 13.3. The van der Waals surface area contributed by atoms with Gasteiger partial charge in [-0.25, -0.2) is 0 Å². The molecular formula is C25H29ClN2O3. The number of carbonyl (C=O) groups is 2. The van der Waals surface area contributed by atoms with Crippen molar-refractivity contribution in [3.63, 3.8) is 0 Å². The summed E-state index contributed by atoms with van der Waals surface area (Å²) in [7, 11) is 1.85. The van der Waals surface area contributed by atoms with E-state index in [0.29, 0.717) is 54.6 Å². The van der Waals surface area contributed by atoms with Crippen LogP contribution in [0.4, 0.5) is 0 Å². The molecule has 1 aliphatic rings. The van der Waals surface area contributed by atoms with Gasteiger partial charge in [-0.05, 0) is 36.1 Å². The van der Waals surface area contributed by atoms with Crippen molar-refractivity contribution >= 4 is 29.0 Å². The Balaban J connectivity index is 1.82. The molecule has 31 heavy (non-hydrogen) atoms. The molecule has 164 valence electrons. The van der Waals surface area contributed by atoms with Crippen molar-refractivity contribution in [1.82, 2.24) is 9.80 Å². The number of hydrogen-bond acceptors (Lipinski definition) is 4. The van der Waals surface area contributed by atoms with Crippen LogP contribution in [0.3, 0.4) is 0 Å². The Bertz CT molecular complexity index is 926. The summed E-state index contributed by atoms with van der Waals surface area (Å²) in [5, 5.41) is 0.585. The third kappa shape index (κ3) is 5.75. The molecule has 2 aromatic carbocycles. The van der Waals surface area contributed by atoms with Crippen molar-refractivity contribution in [2.75, 3.05) is 26.8 Å². The number of likely N-dealkylation sites (N-methyl/N-ethyl adjacent to an activating group) is 1. The number of halogens is 1. The molecule has 0 atom stereocenters. The van der Waals surface area contributed by atoms with Gasteiger partial charge in [0.25, 0.3) is 11.8 Å². The molecule has 0 unspecified atom stereocenters. The van der Waals surface area contributed by atoms with Gasteiger partial charge in [0.2, 0.25) is 0 Å². The maximum Gasteiger partial charge on any atom is 0.277 e. The summed E-state index contributed by atoms with van der Waals surface area (Å²) in [4.78, 5) is 29.8. The van der Waals surface area contributed by atoms with Crippen LogP contribution in [0.2, 0.25) is 5.02 Å². The predicted molar refractivity (Wildman–Crippen MR) is 123 cm³/mol. The summed E-state index contributed by atoms with van der Waals surface area (Å²) in [6.07, 6.45) is 2.71. The average Bonchev–Trinajstić information content (AvgIpc) is 3.02. The van der Waals surface area contributed by atoms with Crippen molar-refractivity contribution in [2.24, 2.45) is 0 Å². The summed E-state index contributed by atoms with van der Waals surface area (Å²) in [6, 6.07) is 16.9. The van der Waals surface area contributed by atoms with E-state index in [1.807, 2.05) is 42.3 Å². The summed E-state index contributed by atoms with van der Waals surface area (Å²) < 4.78 is 5.59. The van der Waals surface area contributed by atoms with Gasteiger partial charge < -0.3 is 9.64 Å². The quantitative estimate of drug-likeness (QED) is 0.373. The number of carbonyl (C=O) groups excluding carboxylic acids is 2. The number of unbranched alkanes of at least 4 members (excludes halogenated alkanes) is 1. The Kier molecular flexibility index (Phi) is 8.27. The van der Waals surface area contributed by atoms with Crippen LogP contribution >= 0.6 is 11.6 Å². The van der Waals surface area contributed by atoms with Gasteiger partial charge in [-0.1, -0.05) is 67.4 Å². The number of benzene rings is 2. The molecule has 6 heteroatoms. The van der Waals surface area contributed by atoms with Crippen LogP contribution in [0.1, 0.15) is 37.3 Å². The minimum Gasteiger partial charge on any atom is -0.381 e. The summed E-state index contributed by atoms with van der Waals surface area (Å²) in [6.45, 7) is 4.21. The maximum absolute atomic E-state index is 13.3. The van der Waals surface area contributed by atoms with E-state index in [2.05, 4.69) is 6.92 Å². The third-order valence-electron chi connectivity index (χ3n) is 5.23. The minimum atomic E-state index is -0.268. The van der Waals surface area contributed by atoms with E-state index in [-0.39, 0.29) is 11.8 Å². The zero-order chi connectivity index (χ0) is 22.2. The van der Waals surface area contributed by atoms with Crippen LogP contribution < -0.4 is 0 Å². The molecular weight excluding hydrogens is 412 g/mol. The first-order valence-electron chi connectivity index (χ1n) is 10.7. The van der Waals surface area contributed by atoms with Crippen molar-refractivity contribution in [2.45, 2.75) is 32.7 Å². The molecule has 5 nitrogen and oxygen atoms in total. The van der Waals surface area contributed by atoms with Gasteiger partial charge in [0, 0.05) is 38.4 Å². The predicted octanol–water partition coefficient (Wildman–Crippen LogP) is 4.76. The first-order valence-corrected chi connectivity index (χ1v) is 11.1. The molecule has 0 fully saturated rings. The van der Waals surface area contributed by atoms with E-state index in [1.54, 1.807) is 24.3 Å². The van der Waals surface area contributed by atoms with E-state index < -0.39 is 0 Å². The second-order valence-corrected chi connectivity index (χ2v) is 8.09. The van der Waals surface area contributed by atoms with Crippen LogP contribution in [0.15, 0.2) is 60.3 Å². The third-order valence-corrected chi connectivity index (χ3v) is 5.49. The molecule has 2 aromatic rings. The van der Waals surface area contributed by atoms with Crippen LogP contribution in [0, 0.1) is 0 Å². The largest absolute Gasteiger partial charge is 0.381 e. The first-order chi connectivity index (χ1) is 15.0. The highest BCUT2D eigenvalue weighted by molar-refractivity contribution is 6.36. The lowest BCUT2D eigenvalue weighted by Crippen LogP contribution is -2.35. The Hall–Kier alpha value is -2.63. The van der Waals surface area contributed by atoms with Crippen molar-refractivity contribution in [3.8, 4) is 0 Å². The van der Waals surface area contributed by atoms with Gasteiger partial charge in [0.1, 0.15) is 5.70 Å². The number of rotatable bonds is 11. The van der Waals surface area contributed by atoms with Crippen molar-refractivity contribution < 1.29 is 14.3 Å². The Labute approximate surface area is 189 Å². The average molecular weight is 441 g/mol. The van der Waals surface area contributed by atoms with Crippen LogP contribution in [0.25, 0.3) is 5.57 Å². The number of ether oxygens (including phenoxy) is 1. The van der Waals surface area contributed by atoms with E-state index in [4.69, 9.17) is 16.3 Å². The second kappa shape index (κ2) is 11.1.